The monoisotopic (exact) mass is 327 g/mol. The van der Waals surface area contributed by atoms with Crippen LogP contribution in [-0.2, 0) is 4.74 Å². The highest BCUT2D eigenvalue weighted by Gasteiger charge is 2.40. The molecule has 1 heterocycles. The molecule has 1 aromatic rings. The number of halogens is 1. The van der Waals surface area contributed by atoms with Gasteiger partial charge in [-0.2, -0.15) is 0 Å². The molecule has 4 heteroatoms. The van der Waals surface area contributed by atoms with Crippen LogP contribution in [0, 0.1) is 0 Å². The van der Waals surface area contributed by atoms with E-state index in [4.69, 9.17) is 9.47 Å². The molecule has 1 aliphatic rings. The zero-order valence-corrected chi connectivity index (χ0v) is 13.4. The molecule has 2 atom stereocenters. The van der Waals surface area contributed by atoms with Crippen LogP contribution in [0.25, 0.3) is 0 Å². The predicted molar refractivity (Wildman–Crippen MR) is 80.7 cm³/mol. The zero-order chi connectivity index (χ0) is 13.9. The van der Waals surface area contributed by atoms with Gasteiger partial charge in [-0.15, -0.1) is 0 Å². The summed E-state index contributed by atoms with van der Waals surface area (Å²) in [5.41, 5.74) is 0.993. The molecule has 0 aromatic heterocycles. The molecule has 1 fully saturated rings. The highest BCUT2D eigenvalue weighted by atomic mass is 79.9. The van der Waals surface area contributed by atoms with Crippen LogP contribution in [0.5, 0.6) is 5.75 Å². The molecular weight excluding hydrogens is 306 g/mol. The molecule has 3 nitrogen and oxygen atoms in total. The van der Waals surface area contributed by atoms with E-state index < -0.39 is 0 Å². The van der Waals surface area contributed by atoms with Crippen LogP contribution >= 0.6 is 15.9 Å². The van der Waals surface area contributed by atoms with Crippen LogP contribution < -0.4 is 10.1 Å². The van der Waals surface area contributed by atoms with E-state index >= 15 is 0 Å². The van der Waals surface area contributed by atoms with E-state index in [-0.39, 0.29) is 11.6 Å². The largest absolute Gasteiger partial charge is 0.496 e. The average Bonchev–Trinajstić information content (AvgIpc) is 2.83. The smallest absolute Gasteiger partial charge is 0.123 e. The Balaban J connectivity index is 2.40. The fraction of sp³-hybridized carbons (Fsp3) is 0.600. The molecule has 0 bridgehead atoms. The van der Waals surface area contributed by atoms with Gasteiger partial charge in [-0.05, 0) is 44.5 Å². The van der Waals surface area contributed by atoms with Crippen LogP contribution in [0.3, 0.4) is 0 Å². The highest BCUT2D eigenvalue weighted by molar-refractivity contribution is 9.10. The summed E-state index contributed by atoms with van der Waals surface area (Å²) < 4.78 is 12.6. The average molecular weight is 328 g/mol. The molecular formula is C15H22BrNO2. The molecule has 0 aliphatic carbocycles. The second-order valence-electron chi connectivity index (χ2n) is 5.14. The van der Waals surface area contributed by atoms with Crippen molar-refractivity contribution >= 4 is 15.9 Å². The predicted octanol–water partition coefficient (Wildman–Crippen LogP) is 3.68. The molecule has 0 spiro atoms. The van der Waals surface area contributed by atoms with Crippen molar-refractivity contribution < 1.29 is 9.47 Å². The van der Waals surface area contributed by atoms with Crippen LogP contribution in [0.4, 0.5) is 0 Å². The van der Waals surface area contributed by atoms with Gasteiger partial charge in [0, 0.05) is 16.6 Å². The fourth-order valence-electron chi connectivity index (χ4n) is 2.82. The van der Waals surface area contributed by atoms with Gasteiger partial charge in [-0.1, -0.05) is 22.9 Å². The first-order valence-electron chi connectivity index (χ1n) is 6.81. The Hall–Kier alpha value is -0.580. The van der Waals surface area contributed by atoms with E-state index in [0.717, 1.165) is 41.8 Å². The van der Waals surface area contributed by atoms with Crippen molar-refractivity contribution in [3.05, 3.63) is 28.2 Å². The summed E-state index contributed by atoms with van der Waals surface area (Å²) in [6.45, 7) is 6.05. The van der Waals surface area contributed by atoms with Crippen molar-refractivity contribution in [2.24, 2.45) is 0 Å². The third kappa shape index (κ3) is 3.12. The molecule has 19 heavy (non-hydrogen) atoms. The van der Waals surface area contributed by atoms with Crippen LogP contribution in [0.2, 0.25) is 0 Å². The van der Waals surface area contributed by atoms with Gasteiger partial charge < -0.3 is 14.8 Å². The Labute approximate surface area is 123 Å². The molecule has 1 saturated heterocycles. The van der Waals surface area contributed by atoms with E-state index in [1.807, 2.05) is 12.1 Å². The van der Waals surface area contributed by atoms with Gasteiger partial charge in [0.05, 0.1) is 18.8 Å². The number of nitrogens with one attached hydrogen (secondary N) is 1. The Kier molecular flexibility index (Phi) is 4.87. The Morgan fingerprint density at radius 1 is 1.53 bits per heavy atom. The summed E-state index contributed by atoms with van der Waals surface area (Å²) in [6, 6.07) is 6.28. The van der Waals surface area contributed by atoms with Crippen molar-refractivity contribution in [3.8, 4) is 5.75 Å². The maximum absolute atomic E-state index is 6.02. The molecule has 1 aliphatic heterocycles. The summed E-state index contributed by atoms with van der Waals surface area (Å²) in [5.74, 6) is 0.908. The van der Waals surface area contributed by atoms with Gasteiger partial charge in [-0.25, -0.2) is 0 Å². The first kappa shape index (κ1) is 14.8. The molecule has 106 valence electrons. The summed E-state index contributed by atoms with van der Waals surface area (Å²) in [7, 11) is 1.72. The third-order valence-corrected chi connectivity index (χ3v) is 4.26. The lowest BCUT2D eigenvalue weighted by Crippen LogP contribution is -2.41. The SMILES string of the molecule is CCNC(c1cc(Br)ccc1OC)C1(C)CCCO1. The van der Waals surface area contributed by atoms with Gasteiger partial charge in [0.1, 0.15) is 5.75 Å². The van der Waals surface area contributed by atoms with Crippen molar-refractivity contribution in [3.63, 3.8) is 0 Å². The van der Waals surface area contributed by atoms with Crippen LogP contribution in [0.1, 0.15) is 38.3 Å². The number of hydrogen-bond donors (Lipinski definition) is 1. The minimum Gasteiger partial charge on any atom is -0.496 e. The van der Waals surface area contributed by atoms with Crippen LogP contribution in [-0.4, -0.2) is 25.9 Å². The number of hydrogen-bond acceptors (Lipinski definition) is 3. The highest BCUT2D eigenvalue weighted by Crippen LogP contribution is 2.41. The van der Waals surface area contributed by atoms with Crippen molar-refractivity contribution in [2.75, 3.05) is 20.3 Å². The lowest BCUT2D eigenvalue weighted by atomic mass is 9.87. The molecule has 1 N–H and O–H groups in total. The first-order chi connectivity index (χ1) is 9.10. The van der Waals surface area contributed by atoms with E-state index in [1.165, 1.54) is 0 Å². The number of rotatable bonds is 5. The first-order valence-corrected chi connectivity index (χ1v) is 7.61. The van der Waals surface area contributed by atoms with E-state index in [1.54, 1.807) is 7.11 Å². The van der Waals surface area contributed by atoms with Gasteiger partial charge in [0.25, 0.3) is 0 Å². The van der Waals surface area contributed by atoms with Gasteiger partial charge in [0.2, 0.25) is 0 Å². The van der Waals surface area contributed by atoms with Crippen molar-refractivity contribution in [1.29, 1.82) is 0 Å². The van der Waals surface area contributed by atoms with Gasteiger partial charge in [-0.3, -0.25) is 0 Å². The topological polar surface area (TPSA) is 30.5 Å². The van der Waals surface area contributed by atoms with Gasteiger partial charge >= 0.3 is 0 Å². The maximum Gasteiger partial charge on any atom is 0.123 e. The van der Waals surface area contributed by atoms with E-state index in [2.05, 4.69) is 41.2 Å². The minimum atomic E-state index is -0.163. The summed E-state index contributed by atoms with van der Waals surface area (Å²) in [4.78, 5) is 0. The van der Waals surface area contributed by atoms with Crippen LogP contribution in [0.15, 0.2) is 22.7 Å². The van der Waals surface area contributed by atoms with E-state index in [0.29, 0.717) is 0 Å². The quantitative estimate of drug-likeness (QED) is 0.894. The third-order valence-electron chi connectivity index (χ3n) is 3.77. The Morgan fingerprint density at radius 3 is 2.89 bits per heavy atom. The number of methoxy groups -OCH3 is 1. The number of benzene rings is 1. The number of ether oxygens (including phenoxy) is 2. The lowest BCUT2D eigenvalue weighted by Gasteiger charge is -2.35. The second-order valence-corrected chi connectivity index (χ2v) is 6.06. The normalized spacial score (nSPS) is 24.4. The lowest BCUT2D eigenvalue weighted by molar-refractivity contribution is -0.0126. The van der Waals surface area contributed by atoms with E-state index in [9.17, 15) is 0 Å². The summed E-state index contributed by atoms with van der Waals surface area (Å²) >= 11 is 3.55. The number of likely N-dealkylation sites (N-methyl/N-ethyl adjacent to an activating group) is 1. The maximum atomic E-state index is 6.02. The molecule has 2 rings (SSSR count). The fourth-order valence-corrected chi connectivity index (χ4v) is 3.20. The molecule has 2 unspecified atom stereocenters. The molecule has 0 amide bonds. The molecule has 0 saturated carbocycles. The van der Waals surface area contributed by atoms with Crippen molar-refractivity contribution in [1.82, 2.24) is 5.32 Å². The van der Waals surface area contributed by atoms with Gasteiger partial charge in [0.15, 0.2) is 0 Å². The van der Waals surface area contributed by atoms with Crippen molar-refractivity contribution in [2.45, 2.75) is 38.3 Å². The Bertz CT molecular complexity index is 430. The summed E-state index contributed by atoms with van der Waals surface area (Å²) in [5, 5.41) is 3.56. The Morgan fingerprint density at radius 2 is 2.32 bits per heavy atom. The second kappa shape index (κ2) is 6.25. The molecule has 0 radical (unpaired) electrons. The summed E-state index contributed by atoms with van der Waals surface area (Å²) in [6.07, 6.45) is 2.19. The molecule has 1 aromatic carbocycles. The standard InChI is InChI=1S/C15H22BrNO2/c1-4-17-14(15(2)8-5-9-19-15)12-10-11(16)6-7-13(12)18-3/h6-7,10,14,17H,4-5,8-9H2,1-3H3. The minimum absolute atomic E-state index is 0.146. The zero-order valence-electron chi connectivity index (χ0n) is 11.8.